The van der Waals surface area contributed by atoms with Crippen molar-refractivity contribution in [2.24, 2.45) is 5.92 Å². The topological polar surface area (TPSA) is 18.5 Å². The van der Waals surface area contributed by atoms with E-state index in [0.717, 1.165) is 12.0 Å². The molecule has 1 rings (SSSR count). The van der Waals surface area contributed by atoms with Gasteiger partial charge in [0.1, 0.15) is 0 Å². The van der Waals surface area contributed by atoms with Crippen LogP contribution in [0.5, 0.6) is 0 Å². The fourth-order valence-corrected chi connectivity index (χ4v) is 5.81. The summed E-state index contributed by atoms with van der Waals surface area (Å²) in [4.78, 5) is 0. The maximum atomic E-state index is 6.23. The second-order valence-electron chi connectivity index (χ2n) is 9.03. The lowest BCUT2D eigenvalue weighted by molar-refractivity contribution is 0.0335. The predicted molar refractivity (Wildman–Crippen MR) is 98.7 cm³/mol. The van der Waals surface area contributed by atoms with Crippen LogP contribution in [0, 0.1) is 5.92 Å². The van der Waals surface area contributed by atoms with E-state index in [0.29, 0.717) is 0 Å². The molecule has 22 heavy (non-hydrogen) atoms. The molecule has 0 aromatic heterocycles. The van der Waals surface area contributed by atoms with Gasteiger partial charge in [0.05, 0.1) is 0 Å². The van der Waals surface area contributed by atoms with Crippen LogP contribution in [0.15, 0.2) is 0 Å². The molecule has 0 heterocycles. The molecular weight excluding hydrogens is 288 g/mol. The molecule has 132 valence electrons. The van der Waals surface area contributed by atoms with E-state index in [4.69, 9.17) is 8.85 Å². The molecule has 0 aromatic carbocycles. The summed E-state index contributed by atoms with van der Waals surface area (Å²) in [5, 5.41) is 0. The van der Waals surface area contributed by atoms with Gasteiger partial charge in [-0.2, -0.15) is 0 Å². The van der Waals surface area contributed by atoms with Crippen LogP contribution in [0.2, 0.25) is 6.04 Å². The molecule has 0 saturated heterocycles. The van der Waals surface area contributed by atoms with Crippen molar-refractivity contribution >= 4 is 9.28 Å². The molecule has 1 fully saturated rings. The van der Waals surface area contributed by atoms with Gasteiger partial charge in [0.15, 0.2) is 0 Å². The zero-order valence-corrected chi connectivity index (χ0v) is 17.2. The van der Waals surface area contributed by atoms with Crippen LogP contribution in [0.3, 0.4) is 0 Å². The van der Waals surface area contributed by atoms with E-state index in [9.17, 15) is 0 Å². The number of unbranched alkanes of at least 4 members (excludes halogenated alkanes) is 2. The van der Waals surface area contributed by atoms with Crippen molar-refractivity contribution in [3.05, 3.63) is 0 Å². The maximum Gasteiger partial charge on any atom is 0.322 e. The highest BCUT2D eigenvalue weighted by atomic mass is 28.3. The Kier molecular flexibility index (Phi) is 8.66. The first-order valence-corrected chi connectivity index (χ1v) is 11.3. The summed E-state index contributed by atoms with van der Waals surface area (Å²) in [6, 6.07) is 1.15. The first-order chi connectivity index (χ1) is 10.2. The van der Waals surface area contributed by atoms with Crippen LogP contribution >= 0.6 is 0 Å². The van der Waals surface area contributed by atoms with Crippen LogP contribution in [0.1, 0.15) is 99.3 Å². The second kappa shape index (κ2) is 9.44. The van der Waals surface area contributed by atoms with Crippen LogP contribution in [0.25, 0.3) is 0 Å². The molecule has 0 spiro atoms. The zero-order chi connectivity index (χ0) is 16.6. The van der Waals surface area contributed by atoms with E-state index < -0.39 is 9.28 Å². The zero-order valence-electron chi connectivity index (χ0n) is 16.0. The fourth-order valence-electron chi connectivity index (χ4n) is 3.33. The Balaban J connectivity index is 2.21. The molecule has 0 bridgehead atoms. The Bertz CT molecular complexity index is 269. The van der Waals surface area contributed by atoms with Gasteiger partial charge in [-0.1, -0.05) is 57.8 Å². The van der Waals surface area contributed by atoms with Crippen LogP contribution in [0.4, 0.5) is 0 Å². The summed E-state index contributed by atoms with van der Waals surface area (Å²) in [5.74, 6) is 1.03. The van der Waals surface area contributed by atoms with Crippen LogP contribution in [-0.2, 0) is 8.85 Å². The highest BCUT2D eigenvalue weighted by Crippen LogP contribution is 2.28. The lowest BCUT2D eigenvalue weighted by atomic mass is 9.86. The van der Waals surface area contributed by atoms with E-state index in [1.54, 1.807) is 0 Å². The molecule has 0 aromatic rings. The molecule has 0 N–H and O–H groups in total. The molecule has 1 aliphatic carbocycles. The van der Waals surface area contributed by atoms with Gasteiger partial charge in [0.2, 0.25) is 0 Å². The average molecular weight is 329 g/mol. The monoisotopic (exact) mass is 328 g/mol. The molecule has 1 aliphatic rings. The van der Waals surface area contributed by atoms with Crippen molar-refractivity contribution in [1.82, 2.24) is 0 Å². The lowest BCUT2D eigenvalue weighted by Crippen LogP contribution is -2.38. The number of rotatable bonds is 8. The molecule has 0 amide bonds. The third-order valence-corrected chi connectivity index (χ3v) is 7.07. The smallest absolute Gasteiger partial charge is 0.322 e. The second-order valence-corrected chi connectivity index (χ2v) is 10.9. The minimum atomic E-state index is -1.56. The minimum absolute atomic E-state index is 0.0791. The van der Waals surface area contributed by atoms with Gasteiger partial charge >= 0.3 is 9.28 Å². The van der Waals surface area contributed by atoms with Gasteiger partial charge in [-0.25, -0.2) is 0 Å². The Morgan fingerprint density at radius 2 is 1.32 bits per heavy atom. The van der Waals surface area contributed by atoms with Gasteiger partial charge in [-0.3, -0.25) is 0 Å². The Labute approximate surface area is 141 Å². The van der Waals surface area contributed by atoms with Crippen molar-refractivity contribution in [2.75, 3.05) is 0 Å². The van der Waals surface area contributed by atoms with Gasteiger partial charge in [-0.15, -0.1) is 0 Å². The molecule has 0 radical (unpaired) electrons. The van der Waals surface area contributed by atoms with Gasteiger partial charge in [0.25, 0.3) is 0 Å². The van der Waals surface area contributed by atoms with E-state index in [1.807, 2.05) is 0 Å². The molecular formula is C19H40O2Si. The molecule has 0 atom stereocenters. The highest BCUT2D eigenvalue weighted by Gasteiger charge is 2.26. The summed E-state index contributed by atoms with van der Waals surface area (Å²) in [5.41, 5.74) is -0.158. The van der Waals surface area contributed by atoms with Crippen molar-refractivity contribution in [3.8, 4) is 0 Å². The van der Waals surface area contributed by atoms with Crippen LogP contribution < -0.4 is 0 Å². The van der Waals surface area contributed by atoms with Crippen molar-refractivity contribution in [3.63, 3.8) is 0 Å². The SMILES string of the molecule is CC(C)(C)O[SiH](CCCCCC1CCCCC1)OC(C)(C)C. The maximum absolute atomic E-state index is 6.23. The fraction of sp³-hybridized carbons (Fsp3) is 1.00. The molecule has 0 aliphatic heterocycles. The van der Waals surface area contributed by atoms with Gasteiger partial charge in [0, 0.05) is 11.2 Å². The summed E-state index contributed by atoms with van der Waals surface area (Å²) < 4.78 is 12.5. The first-order valence-electron chi connectivity index (χ1n) is 9.51. The first kappa shape index (κ1) is 20.2. The van der Waals surface area contributed by atoms with Gasteiger partial charge in [-0.05, 0) is 53.5 Å². The highest BCUT2D eigenvalue weighted by molar-refractivity contribution is 6.44. The Morgan fingerprint density at radius 1 is 0.773 bits per heavy atom. The third kappa shape index (κ3) is 10.8. The summed E-state index contributed by atoms with van der Waals surface area (Å²) in [6.07, 6.45) is 12.9. The Hall–Kier alpha value is 0.137. The molecule has 1 saturated carbocycles. The molecule has 2 nitrogen and oxygen atoms in total. The third-order valence-electron chi connectivity index (χ3n) is 4.25. The quantitative estimate of drug-likeness (QED) is 0.403. The van der Waals surface area contributed by atoms with E-state index in [1.165, 1.54) is 57.8 Å². The normalized spacial score (nSPS) is 18.1. The standard InChI is InChI=1S/C19H40O2Si/c1-18(2,3)20-22(21-19(4,5)6)16-12-8-11-15-17-13-9-7-10-14-17/h17,22H,7-16H2,1-6H3. The van der Waals surface area contributed by atoms with Crippen LogP contribution in [-0.4, -0.2) is 20.5 Å². The number of hydrogen-bond acceptors (Lipinski definition) is 2. The molecule has 3 heteroatoms. The average Bonchev–Trinajstić information content (AvgIpc) is 2.35. The van der Waals surface area contributed by atoms with Crippen molar-refractivity contribution in [2.45, 2.75) is 117 Å². The Morgan fingerprint density at radius 3 is 1.82 bits per heavy atom. The largest absolute Gasteiger partial charge is 0.392 e. The minimum Gasteiger partial charge on any atom is -0.392 e. The summed E-state index contributed by atoms with van der Waals surface area (Å²) >= 11 is 0. The van der Waals surface area contributed by atoms with E-state index >= 15 is 0 Å². The number of hydrogen-bond donors (Lipinski definition) is 0. The van der Waals surface area contributed by atoms with Gasteiger partial charge < -0.3 is 8.85 Å². The molecule has 0 unspecified atom stereocenters. The predicted octanol–water partition coefficient (Wildman–Crippen LogP) is 5.98. The summed E-state index contributed by atoms with van der Waals surface area (Å²) in [6.45, 7) is 12.8. The van der Waals surface area contributed by atoms with E-state index in [-0.39, 0.29) is 11.2 Å². The van der Waals surface area contributed by atoms with E-state index in [2.05, 4.69) is 41.5 Å². The lowest BCUT2D eigenvalue weighted by Gasteiger charge is -2.32. The van der Waals surface area contributed by atoms with Crippen molar-refractivity contribution < 1.29 is 8.85 Å². The van der Waals surface area contributed by atoms with Crippen molar-refractivity contribution in [1.29, 1.82) is 0 Å². The summed E-state index contributed by atoms with van der Waals surface area (Å²) in [7, 11) is -1.56.